The first kappa shape index (κ1) is 23.0. The van der Waals surface area contributed by atoms with Crippen LogP contribution in [-0.2, 0) is 13.1 Å². The number of carbonyl (C=O) groups is 3. The van der Waals surface area contributed by atoms with Crippen molar-refractivity contribution in [1.82, 2.24) is 25.3 Å². The van der Waals surface area contributed by atoms with E-state index in [0.717, 1.165) is 24.2 Å². The molecule has 2 aromatic carbocycles. The van der Waals surface area contributed by atoms with Crippen LogP contribution in [-0.4, -0.2) is 68.9 Å². The lowest BCUT2D eigenvalue weighted by Crippen LogP contribution is -2.46. The number of Topliss-reactive ketones (excluding diaryl/α,β-unsaturated/α-hetero) is 1. The molecule has 3 heterocycles. The van der Waals surface area contributed by atoms with E-state index < -0.39 is 0 Å². The fraction of sp³-hybridized carbons (Fsp3) is 0.385. The van der Waals surface area contributed by atoms with Gasteiger partial charge in [-0.15, -0.1) is 0 Å². The van der Waals surface area contributed by atoms with Crippen LogP contribution in [0.1, 0.15) is 62.6 Å². The number of piperazine rings is 1. The van der Waals surface area contributed by atoms with Gasteiger partial charge in [-0.25, -0.2) is 0 Å². The molecule has 2 aliphatic heterocycles. The molecule has 0 radical (unpaired) electrons. The number of nitrogens with zero attached hydrogens (tertiary/aromatic N) is 3. The lowest BCUT2D eigenvalue weighted by Gasteiger charge is -2.27. The number of phenolic OH excluding ortho intramolecular Hbond substituents is 1. The van der Waals surface area contributed by atoms with Crippen LogP contribution in [0, 0.1) is 5.92 Å². The van der Waals surface area contributed by atoms with Gasteiger partial charge in [-0.2, -0.15) is 5.10 Å². The summed E-state index contributed by atoms with van der Waals surface area (Å²) in [6.07, 6.45) is 0.348. The first-order valence-corrected chi connectivity index (χ1v) is 12.0. The Morgan fingerprint density at radius 1 is 1.00 bits per heavy atom. The summed E-state index contributed by atoms with van der Waals surface area (Å²) in [7, 11) is 0. The summed E-state index contributed by atoms with van der Waals surface area (Å²) in [5.41, 5.74) is 3.44. The van der Waals surface area contributed by atoms with Crippen molar-refractivity contribution in [3.63, 3.8) is 0 Å². The van der Waals surface area contributed by atoms with Gasteiger partial charge in [0, 0.05) is 62.7 Å². The number of carbonyl (C=O) groups excluding carboxylic acids is 3. The van der Waals surface area contributed by atoms with Crippen molar-refractivity contribution in [2.24, 2.45) is 5.92 Å². The predicted octanol–water partition coefficient (Wildman–Crippen LogP) is 2.70. The van der Waals surface area contributed by atoms with E-state index in [-0.39, 0.29) is 40.5 Å². The number of aromatic nitrogens is 2. The molecular weight excluding hydrogens is 446 g/mol. The van der Waals surface area contributed by atoms with Crippen LogP contribution < -0.4 is 5.32 Å². The Kier molecular flexibility index (Phi) is 6.02. The van der Waals surface area contributed by atoms with E-state index in [1.807, 2.05) is 36.9 Å². The number of aromatic amines is 1. The number of phenols is 1. The molecule has 0 saturated carbocycles. The molecule has 0 unspecified atom stereocenters. The van der Waals surface area contributed by atoms with Gasteiger partial charge in [0.15, 0.2) is 5.78 Å². The smallest absolute Gasteiger partial charge is 0.258 e. The molecule has 9 nitrogen and oxygen atoms in total. The molecule has 2 aliphatic rings. The Hall–Kier alpha value is -3.72. The van der Waals surface area contributed by atoms with Gasteiger partial charge in [0.1, 0.15) is 11.4 Å². The van der Waals surface area contributed by atoms with Crippen molar-refractivity contribution in [3.8, 4) is 5.75 Å². The molecule has 1 aromatic heterocycles. The van der Waals surface area contributed by atoms with E-state index >= 15 is 0 Å². The average molecular weight is 476 g/mol. The zero-order valence-corrected chi connectivity index (χ0v) is 19.9. The third-order valence-electron chi connectivity index (χ3n) is 6.63. The highest BCUT2D eigenvalue weighted by molar-refractivity contribution is 6.09. The highest BCUT2D eigenvalue weighted by Crippen LogP contribution is 2.31. The minimum absolute atomic E-state index is 0.000671. The maximum atomic E-state index is 13.4. The van der Waals surface area contributed by atoms with Crippen LogP contribution in [0.15, 0.2) is 30.3 Å². The number of hydrogen-bond donors (Lipinski definition) is 3. The second kappa shape index (κ2) is 9.14. The molecule has 0 spiro atoms. The fourth-order valence-corrected chi connectivity index (χ4v) is 4.80. The molecule has 0 atom stereocenters. The van der Waals surface area contributed by atoms with Crippen molar-refractivity contribution in [1.29, 1.82) is 0 Å². The molecule has 35 heavy (non-hydrogen) atoms. The molecule has 1 fully saturated rings. The molecule has 5 rings (SSSR count). The summed E-state index contributed by atoms with van der Waals surface area (Å²) < 4.78 is 0. The van der Waals surface area contributed by atoms with Crippen molar-refractivity contribution < 1.29 is 19.5 Å². The minimum atomic E-state index is -0.334. The standard InChI is InChI=1S/C26H29N5O4/c1-15(2)9-23(33)24-19-11-20(22(32)12-21(19)28-29-24)26(35)31-13-17-4-3-16(10-18(17)14-31)25(34)30-7-5-27-6-8-30/h3-4,10-12,15,27,32H,5-9,13-14H2,1-2H3,(H,28,29). The second-order valence-electron chi connectivity index (χ2n) is 9.70. The van der Waals surface area contributed by atoms with E-state index in [4.69, 9.17) is 0 Å². The van der Waals surface area contributed by atoms with Crippen LogP contribution in [0.25, 0.3) is 10.9 Å². The van der Waals surface area contributed by atoms with Gasteiger partial charge in [0.05, 0.1) is 11.1 Å². The Bertz CT molecular complexity index is 1320. The monoisotopic (exact) mass is 475 g/mol. The summed E-state index contributed by atoms with van der Waals surface area (Å²) >= 11 is 0. The molecule has 3 N–H and O–H groups in total. The highest BCUT2D eigenvalue weighted by atomic mass is 16.3. The molecule has 9 heteroatoms. The number of ketones is 1. The van der Waals surface area contributed by atoms with Gasteiger partial charge in [-0.3, -0.25) is 19.5 Å². The van der Waals surface area contributed by atoms with Gasteiger partial charge >= 0.3 is 0 Å². The van der Waals surface area contributed by atoms with E-state index in [1.54, 1.807) is 11.0 Å². The number of rotatable bonds is 5. The number of nitrogens with one attached hydrogen (secondary N) is 2. The maximum absolute atomic E-state index is 13.4. The number of benzene rings is 2. The second-order valence-corrected chi connectivity index (χ2v) is 9.70. The number of aromatic hydroxyl groups is 1. The number of fused-ring (bicyclic) bond motifs is 2. The van der Waals surface area contributed by atoms with Crippen LogP contribution in [0.4, 0.5) is 0 Å². The lowest BCUT2D eigenvalue weighted by atomic mass is 10.0. The minimum Gasteiger partial charge on any atom is -0.507 e. The summed E-state index contributed by atoms with van der Waals surface area (Å²) in [6, 6.07) is 8.58. The normalized spacial score (nSPS) is 15.6. The molecule has 0 aliphatic carbocycles. The van der Waals surface area contributed by atoms with E-state index in [0.29, 0.717) is 49.1 Å². The third kappa shape index (κ3) is 4.39. The first-order valence-electron chi connectivity index (χ1n) is 12.0. The van der Waals surface area contributed by atoms with Gasteiger partial charge in [0.2, 0.25) is 0 Å². The number of hydrogen-bond acceptors (Lipinski definition) is 6. The van der Waals surface area contributed by atoms with Gasteiger partial charge in [-0.05, 0) is 35.2 Å². The third-order valence-corrected chi connectivity index (χ3v) is 6.63. The molecule has 2 amide bonds. The van der Waals surface area contributed by atoms with Crippen LogP contribution in [0.2, 0.25) is 0 Å². The van der Waals surface area contributed by atoms with Crippen LogP contribution >= 0.6 is 0 Å². The summed E-state index contributed by atoms with van der Waals surface area (Å²) in [6.45, 7) is 7.58. The Morgan fingerprint density at radius 3 is 2.49 bits per heavy atom. The molecule has 182 valence electrons. The van der Waals surface area contributed by atoms with Crippen molar-refractivity contribution in [2.75, 3.05) is 26.2 Å². The molecule has 1 saturated heterocycles. The topological polar surface area (TPSA) is 119 Å². The van der Waals surface area contributed by atoms with E-state index in [2.05, 4.69) is 15.5 Å². The Balaban J connectivity index is 1.38. The average Bonchev–Trinajstić information content (AvgIpc) is 3.46. The maximum Gasteiger partial charge on any atom is 0.258 e. The van der Waals surface area contributed by atoms with E-state index in [1.165, 1.54) is 6.07 Å². The van der Waals surface area contributed by atoms with Crippen molar-refractivity contribution in [2.45, 2.75) is 33.4 Å². The summed E-state index contributed by atoms with van der Waals surface area (Å²) in [4.78, 5) is 42.4. The zero-order chi connectivity index (χ0) is 24.7. The summed E-state index contributed by atoms with van der Waals surface area (Å²) in [5.74, 6) is -0.427. The largest absolute Gasteiger partial charge is 0.507 e. The molecule has 0 bridgehead atoms. The first-order chi connectivity index (χ1) is 16.8. The number of amides is 2. The van der Waals surface area contributed by atoms with Crippen molar-refractivity contribution >= 4 is 28.5 Å². The zero-order valence-electron chi connectivity index (χ0n) is 19.9. The quantitative estimate of drug-likeness (QED) is 0.488. The fourth-order valence-electron chi connectivity index (χ4n) is 4.80. The number of H-pyrrole nitrogens is 1. The molecule has 3 aromatic rings. The Labute approximate surface area is 203 Å². The van der Waals surface area contributed by atoms with Crippen molar-refractivity contribution in [3.05, 3.63) is 58.3 Å². The molecular formula is C26H29N5O4. The summed E-state index contributed by atoms with van der Waals surface area (Å²) in [5, 5.41) is 21.3. The lowest BCUT2D eigenvalue weighted by molar-refractivity contribution is 0.0734. The van der Waals surface area contributed by atoms with Crippen LogP contribution in [0.5, 0.6) is 5.75 Å². The van der Waals surface area contributed by atoms with E-state index in [9.17, 15) is 19.5 Å². The Morgan fingerprint density at radius 2 is 1.74 bits per heavy atom. The van der Waals surface area contributed by atoms with Gasteiger partial charge < -0.3 is 20.2 Å². The predicted molar refractivity (Wildman–Crippen MR) is 130 cm³/mol. The van der Waals surface area contributed by atoms with Gasteiger partial charge in [0.25, 0.3) is 11.8 Å². The SMILES string of the molecule is CC(C)CC(=O)c1n[nH]c2cc(O)c(C(=O)N3Cc4ccc(C(=O)N5CCNCC5)cc4C3)cc12. The van der Waals surface area contributed by atoms with Gasteiger partial charge in [-0.1, -0.05) is 19.9 Å². The van der Waals surface area contributed by atoms with Crippen LogP contribution in [0.3, 0.4) is 0 Å². The highest BCUT2D eigenvalue weighted by Gasteiger charge is 2.29.